The van der Waals surface area contributed by atoms with Gasteiger partial charge in [0, 0.05) is 20.0 Å². The van der Waals surface area contributed by atoms with Crippen molar-refractivity contribution in [2.45, 2.75) is 33.4 Å². The predicted octanol–water partition coefficient (Wildman–Crippen LogP) is 0.868. The summed E-state index contributed by atoms with van der Waals surface area (Å²) >= 11 is 0. The van der Waals surface area contributed by atoms with E-state index >= 15 is 0 Å². The highest BCUT2D eigenvalue weighted by atomic mass is 16.4. The third kappa shape index (κ3) is 3.57. The van der Waals surface area contributed by atoms with E-state index in [1.54, 1.807) is 7.05 Å². The number of aromatic nitrogens is 2. The molecule has 0 bridgehead atoms. The monoisotopic (exact) mass is 212 g/mol. The van der Waals surface area contributed by atoms with Gasteiger partial charge in [-0.15, -0.1) is 5.10 Å². The Labute approximate surface area is 88.7 Å². The van der Waals surface area contributed by atoms with Gasteiger partial charge in [0.15, 0.2) is 0 Å². The number of hydrogen-bond donors (Lipinski definition) is 1. The molecular formula is C9H16N4O2. The maximum absolute atomic E-state index is 11.0. The van der Waals surface area contributed by atoms with Crippen LogP contribution >= 0.6 is 0 Å². The molecule has 1 amide bonds. The first-order valence-corrected chi connectivity index (χ1v) is 4.79. The Morgan fingerprint density at radius 1 is 1.53 bits per heavy atom. The molecule has 1 aromatic heterocycles. The van der Waals surface area contributed by atoms with Gasteiger partial charge in [-0.05, 0) is 13.8 Å². The fourth-order valence-electron chi connectivity index (χ4n) is 0.937. The zero-order valence-electron chi connectivity index (χ0n) is 9.44. The molecule has 0 fully saturated rings. The molecule has 0 atom stereocenters. The van der Waals surface area contributed by atoms with Crippen molar-refractivity contribution < 1.29 is 9.21 Å². The molecule has 0 saturated carbocycles. The van der Waals surface area contributed by atoms with E-state index in [9.17, 15) is 4.79 Å². The van der Waals surface area contributed by atoms with E-state index in [0.717, 1.165) is 0 Å². The first kappa shape index (κ1) is 11.5. The highest BCUT2D eigenvalue weighted by Crippen LogP contribution is 2.08. The van der Waals surface area contributed by atoms with Crippen LogP contribution in [-0.2, 0) is 11.3 Å². The average molecular weight is 212 g/mol. The van der Waals surface area contributed by atoms with Crippen LogP contribution < -0.4 is 5.32 Å². The topological polar surface area (TPSA) is 71.3 Å². The van der Waals surface area contributed by atoms with E-state index in [0.29, 0.717) is 18.5 Å². The molecule has 15 heavy (non-hydrogen) atoms. The summed E-state index contributed by atoms with van der Waals surface area (Å²) in [7, 11) is 1.68. The lowest BCUT2D eigenvalue weighted by atomic mass is 10.4. The van der Waals surface area contributed by atoms with Crippen LogP contribution in [0.3, 0.4) is 0 Å². The fourth-order valence-corrected chi connectivity index (χ4v) is 0.937. The van der Waals surface area contributed by atoms with Crippen molar-refractivity contribution >= 4 is 11.9 Å². The lowest BCUT2D eigenvalue weighted by molar-refractivity contribution is -0.128. The molecular weight excluding hydrogens is 196 g/mol. The molecule has 6 heteroatoms. The fraction of sp³-hybridized carbons (Fsp3) is 0.667. The molecule has 0 radical (unpaired) electrons. The number of amides is 1. The van der Waals surface area contributed by atoms with Crippen LogP contribution in [0.15, 0.2) is 4.42 Å². The summed E-state index contributed by atoms with van der Waals surface area (Å²) in [5.74, 6) is 0.391. The number of carbonyl (C=O) groups is 1. The van der Waals surface area contributed by atoms with Crippen LogP contribution in [0.4, 0.5) is 6.01 Å². The van der Waals surface area contributed by atoms with Crippen LogP contribution in [0.2, 0.25) is 0 Å². The lowest BCUT2D eigenvalue weighted by Gasteiger charge is -2.10. The summed E-state index contributed by atoms with van der Waals surface area (Å²) in [5, 5.41) is 10.6. The van der Waals surface area contributed by atoms with Gasteiger partial charge in [0.1, 0.15) is 0 Å². The van der Waals surface area contributed by atoms with Crippen molar-refractivity contribution in [2.75, 3.05) is 12.4 Å². The van der Waals surface area contributed by atoms with E-state index in [1.807, 2.05) is 13.8 Å². The van der Waals surface area contributed by atoms with Gasteiger partial charge in [0.2, 0.25) is 11.8 Å². The highest BCUT2D eigenvalue weighted by molar-refractivity contribution is 5.72. The van der Waals surface area contributed by atoms with Crippen LogP contribution in [0, 0.1) is 0 Å². The predicted molar refractivity (Wildman–Crippen MR) is 55.2 cm³/mol. The Morgan fingerprint density at radius 3 is 2.73 bits per heavy atom. The highest BCUT2D eigenvalue weighted by Gasteiger charge is 2.10. The first-order valence-electron chi connectivity index (χ1n) is 4.79. The van der Waals surface area contributed by atoms with Crippen molar-refractivity contribution in [3.8, 4) is 0 Å². The second-order valence-electron chi connectivity index (χ2n) is 3.68. The van der Waals surface area contributed by atoms with E-state index in [4.69, 9.17) is 4.42 Å². The molecule has 0 aliphatic rings. The van der Waals surface area contributed by atoms with Gasteiger partial charge in [-0.1, -0.05) is 5.10 Å². The first-order chi connectivity index (χ1) is 6.99. The summed E-state index contributed by atoms with van der Waals surface area (Å²) in [6.45, 7) is 5.78. The molecule has 0 aliphatic carbocycles. The molecule has 0 aromatic carbocycles. The van der Waals surface area contributed by atoms with Crippen LogP contribution in [0.5, 0.6) is 0 Å². The third-order valence-corrected chi connectivity index (χ3v) is 1.79. The smallest absolute Gasteiger partial charge is 0.315 e. The molecule has 1 heterocycles. The number of nitrogens with one attached hydrogen (secondary N) is 1. The van der Waals surface area contributed by atoms with Gasteiger partial charge in [0.25, 0.3) is 0 Å². The third-order valence-electron chi connectivity index (χ3n) is 1.79. The standard InChI is InChI=1S/C9H16N4O2/c1-6(2)10-9-12-11-8(15-9)5-13(4)7(3)14/h6H,5H2,1-4H3,(H,10,12). The average Bonchev–Trinajstić information content (AvgIpc) is 2.51. The molecule has 0 spiro atoms. The Balaban J connectivity index is 2.56. The number of rotatable bonds is 4. The number of carbonyl (C=O) groups excluding carboxylic acids is 1. The molecule has 0 unspecified atom stereocenters. The molecule has 1 rings (SSSR count). The normalized spacial score (nSPS) is 10.5. The van der Waals surface area contributed by atoms with E-state index in [1.165, 1.54) is 11.8 Å². The maximum Gasteiger partial charge on any atom is 0.315 e. The van der Waals surface area contributed by atoms with E-state index in [-0.39, 0.29) is 11.9 Å². The van der Waals surface area contributed by atoms with Crippen LogP contribution in [0.25, 0.3) is 0 Å². The second kappa shape index (κ2) is 4.77. The minimum absolute atomic E-state index is 0.0356. The zero-order valence-corrected chi connectivity index (χ0v) is 9.44. The van der Waals surface area contributed by atoms with Gasteiger partial charge >= 0.3 is 6.01 Å². The molecule has 1 aromatic rings. The zero-order chi connectivity index (χ0) is 11.4. The Kier molecular flexibility index (Phi) is 3.65. The lowest BCUT2D eigenvalue weighted by Crippen LogP contribution is -2.23. The SMILES string of the molecule is CC(=O)N(C)Cc1nnc(NC(C)C)o1. The minimum Gasteiger partial charge on any atom is -0.406 e. The van der Waals surface area contributed by atoms with Crippen LogP contribution in [0.1, 0.15) is 26.7 Å². The van der Waals surface area contributed by atoms with Crippen LogP contribution in [-0.4, -0.2) is 34.1 Å². The van der Waals surface area contributed by atoms with Gasteiger partial charge < -0.3 is 14.6 Å². The summed E-state index contributed by atoms with van der Waals surface area (Å²) in [5.41, 5.74) is 0. The summed E-state index contributed by atoms with van der Waals surface area (Å²) in [4.78, 5) is 12.5. The van der Waals surface area contributed by atoms with Crippen molar-refractivity contribution in [1.82, 2.24) is 15.1 Å². The number of nitrogens with zero attached hydrogens (tertiary/aromatic N) is 3. The van der Waals surface area contributed by atoms with Gasteiger partial charge in [-0.3, -0.25) is 4.79 Å². The minimum atomic E-state index is -0.0356. The summed E-state index contributed by atoms with van der Waals surface area (Å²) < 4.78 is 5.29. The number of hydrogen-bond acceptors (Lipinski definition) is 5. The van der Waals surface area contributed by atoms with E-state index < -0.39 is 0 Å². The maximum atomic E-state index is 11.0. The van der Waals surface area contributed by atoms with Gasteiger partial charge in [-0.25, -0.2) is 0 Å². The summed E-state index contributed by atoms with van der Waals surface area (Å²) in [6.07, 6.45) is 0. The Hall–Kier alpha value is -1.59. The van der Waals surface area contributed by atoms with Crippen molar-refractivity contribution in [3.63, 3.8) is 0 Å². The quantitative estimate of drug-likeness (QED) is 0.801. The van der Waals surface area contributed by atoms with Crippen molar-refractivity contribution in [1.29, 1.82) is 0 Å². The van der Waals surface area contributed by atoms with Crippen molar-refractivity contribution in [2.24, 2.45) is 0 Å². The Morgan fingerprint density at radius 2 is 2.20 bits per heavy atom. The van der Waals surface area contributed by atoms with Gasteiger partial charge in [0.05, 0.1) is 6.54 Å². The van der Waals surface area contributed by atoms with E-state index in [2.05, 4.69) is 15.5 Å². The molecule has 84 valence electrons. The molecule has 0 aliphatic heterocycles. The summed E-state index contributed by atoms with van der Waals surface area (Å²) in [6, 6.07) is 0.626. The Bertz CT molecular complexity index is 335. The second-order valence-corrected chi connectivity index (χ2v) is 3.68. The molecule has 6 nitrogen and oxygen atoms in total. The van der Waals surface area contributed by atoms with Gasteiger partial charge in [-0.2, -0.15) is 0 Å². The largest absolute Gasteiger partial charge is 0.406 e. The molecule has 0 saturated heterocycles. The molecule has 1 N–H and O–H groups in total. The number of anilines is 1. The van der Waals surface area contributed by atoms with Crippen molar-refractivity contribution in [3.05, 3.63) is 5.89 Å².